The first-order valence-corrected chi connectivity index (χ1v) is 26.6. The number of rotatable bonds is 33. The van der Waals surface area contributed by atoms with Crippen molar-refractivity contribution in [3.05, 3.63) is 96.1 Å². The van der Waals surface area contributed by atoms with Crippen LogP contribution in [0.2, 0.25) is 0 Å². The lowest BCUT2D eigenvalue weighted by Gasteiger charge is -2.23. The number of nitrogens with two attached hydrogens (primary N) is 1. The molecule has 19 nitrogen and oxygen atoms in total. The van der Waals surface area contributed by atoms with E-state index in [1.54, 1.807) is 13.8 Å². The van der Waals surface area contributed by atoms with Crippen LogP contribution in [0, 0.1) is 23.7 Å². The zero-order valence-corrected chi connectivity index (χ0v) is 46.8. The van der Waals surface area contributed by atoms with E-state index in [9.17, 15) is 57.5 Å². The quantitative estimate of drug-likeness (QED) is 0.0443. The molecular weight excluding hydrogens is 1020 g/mol. The summed E-state index contributed by atoms with van der Waals surface area (Å²) >= 11 is 0. The number of imide groups is 2. The number of hydrogen-bond donors (Lipinski definition) is 5. The highest BCUT2D eigenvalue weighted by Crippen LogP contribution is 2.19. The standard InChI is InChI=1S/C29H39N3O6.C22H31NO5.C7H10N2O2.ClH/c1-4-23(33)19-22(18-21-9-6-5-7-10-21)29(38)31-24(17-20(2)3)25(34)11-12-26(35)30-15-8-16-32-27(36)13-14-28(32)37;1-4-18(24)14-17(13-16-8-6-5-7-9-16)22(28)23-19(12-15(2)3)20(25)10-11-21(26)27;8-4-1-5-9-6(10)2-3-7(9)11;/h5-7,9-10,13-14,20,22,24H,4,8,11-12,15-19H2,1-3H3,(H,30,35)(H,31,38);5-9,15,17,19H,4,10-14H2,1-3H3,(H,23,28)(H,26,27);2-3H,1,4-5,8H2;1H/t22-,24+;17-,19+;;/m11../s1. The minimum Gasteiger partial charge on any atom is -0.481 e. The predicted molar refractivity (Wildman–Crippen MR) is 296 cm³/mol. The molecule has 0 saturated heterocycles. The first kappa shape index (κ1) is 69.0. The van der Waals surface area contributed by atoms with Gasteiger partial charge in [0.2, 0.25) is 17.7 Å². The van der Waals surface area contributed by atoms with Crippen LogP contribution in [0.4, 0.5) is 0 Å². The molecule has 2 aromatic carbocycles. The Morgan fingerprint density at radius 1 is 0.551 bits per heavy atom. The number of hydrogen-bond acceptors (Lipinski definition) is 13. The van der Waals surface area contributed by atoms with Gasteiger partial charge in [0.25, 0.3) is 23.6 Å². The third-order valence-electron chi connectivity index (χ3n) is 12.4. The number of Topliss-reactive ketones (excluding diaryl/α,β-unsaturated/α-hetero) is 4. The van der Waals surface area contributed by atoms with E-state index in [1.807, 2.05) is 88.4 Å². The van der Waals surface area contributed by atoms with E-state index in [0.29, 0.717) is 64.5 Å². The highest BCUT2D eigenvalue weighted by molar-refractivity contribution is 6.13. The summed E-state index contributed by atoms with van der Waals surface area (Å²) in [4.78, 5) is 146. The Hall–Kier alpha value is -6.99. The van der Waals surface area contributed by atoms with Gasteiger partial charge in [-0.1, -0.05) is 102 Å². The second-order valence-corrected chi connectivity index (χ2v) is 19.8. The van der Waals surface area contributed by atoms with Gasteiger partial charge in [0, 0.05) is 101 Å². The topological polar surface area (TPSA) is 294 Å². The van der Waals surface area contributed by atoms with Crippen LogP contribution in [0.3, 0.4) is 0 Å². The maximum Gasteiger partial charge on any atom is 0.303 e. The SMILES string of the molecule is CCC(=O)C[C@@H](Cc1ccccc1)C(=O)N[C@@H](CC(C)C)C(=O)CCC(=O)NCCCN1C(=O)C=CC1=O.CCC(=O)C[C@@H](Cc1ccccc1)C(=O)N[C@@H](CC(C)C)C(=O)CCC(=O)O.Cl.NCCCN1C(=O)C=CC1=O. The molecule has 0 radical (unpaired) electrons. The van der Waals surface area contributed by atoms with Crippen molar-refractivity contribution in [2.75, 3.05) is 26.2 Å². The zero-order valence-electron chi connectivity index (χ0n) is 46.0. The summed E-state index contributed by atoms with van der Waals surface area (Å²) in [5.74, 6) is -4.62. The van der Waals surface area contributed by atoms with E-state index in [1.165, 1.54) is 29.2 Å². The molecule has 2 aliphatic rings. The number of benzene rings is 2. The zero-order chi connectivity index (χ0) is 57.5. The molecule has 2 aromatic rings. The van der Waals surface area contributed by atoms with Gasteiger partial charge in [0.1, 0.15) is 11.6 Å². The van der Waals surface area contributed by atoms with Gasteiger partial charge in [-0.15, -0.1) is 12.4 Å². The van der Waals surface area contributed by atoms with Gasteiger partial charge in [0.15, 0.2) is 11.6 Å². The third kappa shape index (κ3) is 27.4. The highest BCUT2D eigenvalue weighted by atomic mass is 35.5. The molecule has 4 atom stereocenters. The van der Waals surface area contributed by atoms with Gasteiger partial charge >= 0.3 is 5.97 Å². The highest BCUT2D eigenvalue weighted by Gasteiger charge is 2.30. The summed E-state index contributed by atoms with van der Waals surface area (Å²) < 4.78 is 0. The molecule has 2 heterocycles. The maximum atomic E-state index is 13.2. The van der Waals surface area contributed by atoms with E-state index in [2.05, 4.69) is 16.0 Å². The summed E-state index contributed by atoms with van der Waals surface area (Å²) in [6.45, 7) is 12.7. The molecule has 0 aromatic heterocycles. The second kappa shape index (κ2) is 37.7. The van der Waals surface area contributed by atoms with E-state index < -0.39 is 29.9 Å². The molecule has 20 heteroatoms. The van der Waals surface area contributed by atoms with E-state index in [0.717, 1.165) is 16.0 Å². The average molecular weight is 1110 g/mol. The van der Waals surface area contributed by atoms with Crippen molar-refractivity contribution >= 4 is 82.9 Å². The Bertz CT molecular complexity index is 2360. The molecule has 0 spiro atoms. The van der Waals surface area contributed by atoms with Crippen molar-refractivity contribution in [1.29, 1.82) is 0 Å². The van der Waals surface area contributed by atoms with E-state index >= 15 is 0 Å². The molecule has 6 N–H and O–H groups in total. The molecule has 0 bridgehead atoms. The van der Waals surface area contributed by atoms with Crippen molar-refractivity contribution in [3.8, 4) is 0 Å². The molecular formula is C58H81ClN6O13. The molecule has 0 aliphatic carbocycles. The summed E-state index contributed by atoms with van der Waals surface area (Å²) in [5, 5.41) is 17.2. The number of carboxylic acids is 1. The van der Waals surface area contributed by atoms with Crippen molar-refractivity contribution in [3.63, 3.8) is 0 Å². The molecule has 0 saturated carbocycles. The molecule has 78 heavy (non-hydrogen) atoms. The van der Waals surface area contributed by atoms with E-state index in [4.69, 9.17) is 10.8 Å². The Labute approximate surface area is 464 Å². The first-order chi connectivity index (χ1) is 36.6. The molecule has 4 rings (SSSR count). The molecule has 0 unspecified atom stereocenters. The lowest BCUT2D eigenvalue weighted by atomic mass is 9.91. The van der Waals surface area contributed by atoms with Crippen molar-refractivity contribution in [2.24, 2.45) is 29.4 Å². The van der Waals surface area contributed by atoms with Gasteiger partial charge < -0.3 is 26.8 Å². The van der Waals surface area contributed by atoms with Gasteiger partial charge in [-0.25, -0.2) is 0 Å². The Morgan fingerprint density at radius 3 is 1.27 bits per heavy atom. The summed E-state index contributed by atoms with van der Waals surface area (Å²) in [6, 6.07) is 17.4. The largest absolute Gasteiger partial charge is 0.481 e. The number of nitrogens with one attached hydrogen (secondary N) is 3. The smallest absolute Gasteiger partial charge is 0.303 e. The Morgan fingerprint density at radius 2 is 0.923 bits per heavy atom. The van der Waals surface area contributed by atoms with Crippen LogP contribution in [0.1, 0.15) is 130 Å². The predicted octanol–water partition coefficient (Wildman–Crippen LogP) is 5.39. The Kier molecular flexibility index (Phi) is 33.4. The molecule has 428 valence electrons. The molecule has 0 fully saturated rings. The van der Waals surface area contributed by atoms with Crippen molar-refractivity contribution in [1.82, 2.24) is 25.8 Å². The molecule has 7 amide bonds. The third-order valence-corrected chi connectivity index (χ3v) is 12.4. The number of ketones is 4. The number of halogens is 1. The minimum atomic E-state index is -1.04. The molecule has 2 aliphatic heterocycles. The maximum absolute atomic E-state index is 13.2. The summed E-state index contributed by atoms with van der Waals surface area (Å²) in [7, 11) is 0. The number of carbonyl (C=O) groups excluding carboxylic acids is 11. The monoisotopic (exact) mass is 1100 g/mol. The van der Waals surface area contributed by atoms with Crippen molar-refractivity contribution < 1.29 is 62.6 Å². The fraction of sp³-hybridized carbons (Fsp3) is 0.517. The number of carboxylic acid groups (broad SMARTS) is 1. The van der Waals surface area contributed by atoms with Crippen LogP contribution in [0.25, 0.3) is 0 Å². The fourth-order valence-electron chi connectivity index (χ4n) is 8.14. The summed E-state index contributed by atoms with van der Waals surface area (Å²) in [6.07, 6.45) is 8.19. The van der Waals surface area contributed by atoms with Crippen LogP contribution in [-0.2, 0) is 70.4 Å². The normalized spacial score (nSPS) is 14.1. The minimum absolute atomic E-state index is 0. The number of aliphatic carboxylic acids is 1. The van der Waals surface area contributed by atoms with Crippen LogP contribution in [0.5, 0.6) is 0 Å². The van der Waals surface area contributed by atoms with Crippen LogP contribution >= 0.6 is 12.4 Å². The van der Waals surface area contributed by atoms with E-state index in [-0.39, 0.29) is 140 Å². The summed E-state index contributed by atoms with van der Waals surface area (Å²) in [5.41, 5.74) is 7.12. The Balaban J connectivity index is 0.000000663. The number of amides is 7. The first-order valence-electron chi connectivity index (χ1n) is 26.6. The van der Waals surface area contributed by atoms with Crippen LogP contribution in [-0.4, -0.2) is 124 Å². The number of carbonyl (C=O) groups is 12. The second-order valence-electron chi connectivity index (χ2n) is 19.8. The lowest BCUT2D eigenvalue weighted by Crippen LogP contribution is -2.45. The number of nitrogens with zero attached hydrogens (tertiary/aromatic N) is 2. The fourth-order valence-corrected chi connectivity index (χ4v) is 8.14. The lowest BCUT2D eigenvalue weighted by molar-refractivity contribution is -0.139. The van der Waals surface area contributed by atoms with Gasteiger partial charge in [-0.3, -0.25) is 67.3 Å². The van der Waals surface area contributed by atoms with Crippen LogP contribution in [0.15, 0.2) is 85.0 Å². The van der Waals surface area contributed by atoms with Crippen LogP contribution < -0.4 is 21.7 Å². The van der Waals surface area contributed by atoms with Gasteiger partial charge in [-0.2, -0.15) is 0 Å². The van der Waals surface area contributed by atoms with Gasteiger partial charge in [0.05, 0.1) is 18.5 Å². The van der Waals surface area contributed by atoms with Crippen molar-refractivity contribution in [2.45, 2.75) is 144 Å². The van der Waals surface area contributed by atoms with Gasteiger partial charge in [-0.05, 0) is 68.0 Å². The average Bonchev–Trinajstić information content (AvgIpc) is 3.90.